The van der Waals surface area contributed by atoms with Crippen LogP contribution in [0.15, 0.2) is 11.6 Å². The van der Waals surface area contributed by atoms with Gasteiger partial charge in [0, 0.05) is 32.6 Å². The number of hydrogen-bond donors (Lipinski definition) is 0. The summed E-state index contributed by atoms with van der Waals surface area (Å²) >= 11 is 0. The number of ether oxygens (including phenoxy) is 5. The lowest BCUT2D eigenvalue weighted by atomic mass is 9.80. The third kappa shape index (κ3) is 5.00. The number of esters is 4. The highest BCUT2D eigenvalue weighted by Gasteiger charge is 2.84. The van der Waals surface area contributed by atoms with E-state index in [1.165, 1.54) is 20.8 Å². The second kappa shape index (κ2) is 10.5. The fourth-order valence-corrected chi connectivity index (χ4v) is 7.62. The van der Waals surface area contributed by atoms with E-state index in [0.717, 1.165) is 0 Å². The fraction of sp³-hybridized carbons (Fsp3) is 0.774. The van der Waals surface area contributed by atoms with Gasteiger partial charge in [-0.1, -0.05) is 41.5 Å². The van der Waals surface area contributed by atoms with Gasteiger partial charge in [-0.3, -0.25) is 24.0 Å². The highest BCUT2D eigenvalue weighted by Crippen LogP contribution is 2.68. The molecular weight excluding hydrogens is 532 g/mol. The smallest absolute Gasteiger partial charge is 0.309 e. The maximum absolute atomic E-state index is 14.4. The van der Waals surface area contributed by atoms with Gasteiger partial charge in [0.2, 0.25) is 0 Å². The van der Waals surface area contributed by atoms with Crippen LogP contribution in [-0.4, -0.2) is 65.3 Å². The van der Waals surface area contributed by atoms with E-state index >= 15 is 0 Å². The molecule has 4 aliphatic rings. The van der Waals surface area contributed by atoms with Crippen molar-refractivity contribution in [3.63, 3.8) is 0 Å². The Morgan fingerprint density at radius 2 is 1.49 bits per heavy atom. The lowest BCUT2D eigenvalue weighted by Crippen LogP contribution is -2.43. The minimum Gasteiger partial charge on any atom is -0.461 e. The van der Waals surface area contributed by atoms with Gasteiger partial charge in [-0.15, -0.1) is 0 Å². The largest absolute Gasteiger partial charge is 0.461 e. The Balaban J connectivity index is 1.94. The van der Waals surface area contributed by atoms with Crippen molar-refractivity contribution in [2.45, 2.75) is 118 Å². The standard InChI is InChI=1S/C31H44O10/c1-11-14(2)28(36)40-23-15(3)12-31-27(39-20(8)34)16(4)13-30(31,41-31)26(35)17(5)24(37-18(6)32)21-22(29(21,9)10)25(23)38-19(7)33/h12,14,16-17,21-25,27H,11,13H2,1-10H3/b15-12+/t14?,16-,17-,21+,22-,23-,24+,25+,27+,30+,31+/m1/s1. The normalized spacial score (nSPS) is 42.5. The highest BCUT2D eigenvalue weighted by atomic mass is 16.7. The molecule has 0 aromatic rings. The van der Waals surface area contributed by atoms with Crippen LogP contribution >= 0.6 is 0 Å². The van der Waals surface area contributed by atoms with Crippen LogP contribution in [0.5, 0.6) is 0 Å². The van der Waals surface area contributed by atoms with E-state index in [-0.39, 0.29) is 17.6 Å². The summed E-state index contributed by atoms with van der Waals surface area (Å²) in [4.78, 5) is 64.5. The molecule has 0 aromatic carbocycles. The van der Waals surface area contributed by atoms with Gasteiger partial charge in [0.1, 0.15) is 18.3 Å². The van der Waals surface area contributed by atoms with E-state index < -0.39 is 82.7 Å². The fourth-order valence-electron chi connectivity index (χ4n) is 7.62. The van der Waals surface area contributed by atoms with Gasteiger partial charge in [-0.2, -0.15) is 0 Å². The molecule has 0 aromatic heterocycles. The van der Waals surface area contributed by atoms with Crippen LogP contribution in [0.4, 0.5) is 0 Å². The third-order valence-electron chi connectivity index (χ3n) is 9.83. The summed E-state index contributed by atoms with van der Waals surface area (Å²) in [6, 6.07) is 0. The number of fused-ring (bicyclic) bond motifs is 1. The maximum atomic E-state index is 14.4. The molecule has 0 amide bonds. The number of Topliss-reactive ketones (excluding diaryl/α,β-unsaturated/α-hetero) is 1. The first-order valence-electron chi connectivity index (χ1n) is 14.6. The molecule has 3 fully saturated rings. The molecule has 1 heterocycles. The summed E-state index contributed by atoms with van der Waals surface area (Å²) < 4.78 is 30.0. The van der Waals surface area contributed by atoms with Gasteiger partial charge < -0.3 is 23.7 Å². The Morgan fingerprint density at radius 1 is 0.951 bits per heavy atom. The molecule has 10 heteroatoms. The van der Waals surface area contributed by atoms with Crippen molar-refractivity contribution in [3.8, 4) is 0 Å². The molecule has 0 bridgehead atoms. The molecule has 228 valence electrons. The molecule has 41 heavy (non-hydrogen) atoms. The predicted molar refractivity (Wildman–Crippen MR) is 145 cm³/mol. The Morgan fingerprint density at radius 3 is 2.02 bits per heavy atom. The summed E-state index contributed by atoms with van der Waals surface area (Å²) in [7, 11) is 0. The van der Waals surface area contributed by atoms with Crippen molar-refractivity contribution >= 4 is 29.7 Å². The number of carbonyl (C=O) groups is 5. The zero-order valence-electron chi connectivity index (χ0n) is 25.8. The molecule has 2 saturated carbocycles. The zero-order valence-corrected chi connectivity index (χ0v) is 25.8. The van der Waals surface area contributed by atoms with Crippen molar-refractivity contribution < 1.29 is 47.7 Å². The third-order valence-corrected chi connectivity index (χ3v) is 9.83. The first-order chi connectivity index (χ1) is 18.9. The number of ketones is 1. The maximum Gasteiger partial charge on any atom is 0.309 e. The predicted octanol–water partition coefficient (Wildman–Crippen LogP) is 3.72. The molecule has 3 aliphatic carbocycles. The van der Waals surface area contributed by atoms with Crippen molar-refractivity contribution in [3.05, 3.63) is 11.6 Å². The Bertz CT molecular complexity index is 1170. The summed E-state index contributed by atoms with van der Waals surface area (Å²) in [5, 5.41) is 0. The van der Waals surface area contributed by atoms with E-state index in [1.807, 2.05) is 27.7 Å². The molecule has 4 rings (SSSR count). The Hall–Kier alpha value is -2.75. The van der Waals surface area contributed by atoms with Gasteiger partial charge in [0.25, 0.3) is 0 Å². The minimum atomic E-state index is -1.31. The molecule has 1 aliphatic heterocycles. The van der Waals surface area contributed by atoms with Crippen LogP contribution in [0.25, 0.3) is 0 Å². The summed E-state index contributed by atoms with van der Waals surface area (Å²) in [6.45, 7) is 16.8. The van der Waals surface area contributed by atoms with Crippen LogP contribution in [0, 0.1) is 35.0 Å². The molecule has 0 radical (unpaired) electrons. The van der Waals surface area contributed by atoms with E-state index in [1.54, 1.807) is 26.8 Å². The SMILES string of the molecule is CCC(C)C(=O)O[C@@H]1/C(C)=C/[C@@]23O[C@@]2(C[C@@H](C)[C@@H]3OC(C)=O)C(=O)[C@H](C)[C@H](OC(C)=O)[C@@H]2[C@H]([C@@H]1OC(C)=O)C2(C)C. The average molecular weight is 577 g/mol. The van der Waals surface area contributed by atoms with Crippen LogP contribution in [0.1, 0.15) is 82.1 Å². The van der Waals surface area contributed by atoms with E-state index in [9.17, 15) is 24.0 Å². The quantitative estimate of drug-likeness (QED) is 0.199. The molecule has 0 spiro atoms. The minimum absolute atomic E-state index is 0.224. The van der Waals surface area contributed by atoms with Gasteiger partial charge >= 0.3 is 23.9 Å². The van der Waals surface area contributed by atoms with Crippen molar-refractivity contribution in [2.75, 3.05) is 0 Å². The van der Waals surface area contributed by atoms with Crippen LogP contribution < -0.4 is 0 Å². The molecule has 11 atom stereocenters. The number of carbonyl (C=O) groups excluding carboxylic acids is 5. The number of hydrogen-bond acceptors (Lipinski definition) is 10. The molecule has 10 nitrogen and oxygen atoms in total. The molecular formula is C31H44O10. The monoisotopic (exact) mass is 576 g/mol. The summed E-state index contributed by atoms with van der Waals surface area (Å²) in [5.74, 6) is -4.48. The lowest BCUT2D eigenvalue weighted by molar-refractivity contribution is -0.169. The van der Waals surface area contributed by atoms with Crippen LogP contribution in [0.2, 0.25) is 0 Å². The second-order valence-corrected chi connectivity index (χ2v) is 13.2. The van der Waals surface area contributed by atoms with Crippen molar-refractivity contribution in [2.24, 2.45) is 35.0 Å². The van der Waals surface area contributed by atoms with Crippen molar-refractivity contribution in [1.29, 1.82) is 0 Å². The van der Waals surface area contributed by atoms with Crippen LogP contribution in [-0.2, 0) is 47.7 Å². The summed E-state index contributed by atoms with van der Waals surface area (Å²) in [6.07, 6.45) is -0.979. The van der Waals surface area contributed by atoms with Gasteiger partial charge in [0.15, 0.2) is 23.1 Å². The first-order valence-corrected chi connectivity index (χ1v) is 14.6. The average Bonchev–Trinajstić information content (AvgIpc) is 3.66. The molecule has 1 saturated heterocycles. The lowest BCUT2D eigenvalue weighted by Gasteiger charge is -2.31. The van der Waals surface area contributed by atoms with Gasteiger partial charge in [0.05, 0.1) is 11.8 Å². The first kappa shape index (κ1) is 31.2. The summed E-state index contributed by atoms with van der Waals surface area (Å²) in [5.41, 5.74) is -2.63. The Kier molecular flexibility index (Phi) is 7.99. The van der Waals surface area contributed by atoms with E-state index in [0.29, 0.717) is 18.4 Å². The zero-order chi connectivity index (χ0) is 30.8. The van der Waals surface area contributed by atoms with Gasteiger partial charge in [-0.05, 0) is 42.7 Å². The second-order valence-electron chi connectivity index (χ2n) is 13.2. The molecule has 1 unspecified atom stereocenters. The topological polar surface area (TPSA) is 135 Å². The van der Waals surface area contributed by atoms with Crippen LogP contribution in [0.3, 0.4) is 0 Å². The highest BCUT2D eigenvalue weighted by molar-refractivity contribution is 5.96. The van der Waals surface area contributed by atoms with Gasteiger partial charge in [-0.25, -0.2) is 0 Å². The van der Waals surface area contributed by atoms with E-state index in [4.69, 9.17) is 23.7 Å². The molecule has 0 N–H and O–H groups in total. The van der Waals surface area contributed by atoms with E-state index in [2.05, 4.69) is 0 Å². The number of rotatable bonds is 6. The Labute approximate surface area is 241 Å². The van der Waals surface area contributed by atoms with Crippen molar-refractivity contribution in [1.82, 2.24) is 0 Å². The number of epoxide rings is 1.